The van der Waals surface area contributed by atoms with Gasteiger partial charge >= 0.3 is 0 Å². The molecule has 2 heteroatoms. The lowest BCUT2D eigenvalue weighted by Gasteiger charge is -2.06. The molecule has 92 valence electrons. The first-order chi connectivity index (χ1) is 7.27. The highest BCUT2D eigenvalue weighted by molar-refractivity contribution is 4.53. The van der Waals surface area contributed by atoms with Gasteiger partial charge in [-0.1, -0.05) is 51.9 Å². The van der Waals surface area contributed by atoms with E-state index in [2.05, 4.69) is 12.2 Å². The summed E-state index contributed by atoms with van der Waals surface area (Å²) in [5, 5.41) is 12.3. The minimum absolute atomic E-state index is 0.209. The number of hydrogen-bond acceptors (Lipinski definition) is 2. The first kappa shape index (κ1) is 14.9. The van der Waals surface area contributed by atoms with Crippen LogP contribution in [0.4, 0.5) is 0 Å². The number of unbranched alkanes of at least 4 members (excludes halogenated alkanes) is 7. The second kappa shape index (κ2) is 12.0. The highest BCUT2D eigenvalue weighted by atomic mass is 16.3. The van der Waals surface area contributed by atoms with E-state index in [1.54, 1.807) is 0 Å². The SMILES string of the molecule is CCCCCCCCCCNCC(C)O. The molecule has 0 aromatic rings. The number of hydrogen-bond donors (Lipinski definition) is 2. The molecule has 0 aromatic carbocycles. The highest BCUT2D eigenvalue weighted by Gasteiger charge is 1.94. The van der Waals surface area contributed by atoms with Gasteiger partial charge in [-0.05, 0) is 19.9 Å². The van der Waals surface area contributed by atoms with Crippen LogP contribution in [0.15, 0.2) is 0 Å². The first-order valence-electron chi connectivity index (χ1n) is 6.66. The molecule has 2 nitrogen and oxygen atoms in total. The Balaban J connectivity index is 2.87. The third-order valence-corrected chi connectivity index (χ3v) is 2.65. The third-order valence-electron chi connectivity index (χ3n) is 2.65. The lowest BCUT2D eigenvalue weighted by molar-refractivity contribution is 0.191. The van der Waals surface area contributed by atoms with Crippen molar-refractivity contribution in [3.05, 3.63) is 0 Å². The molecule has 0 saturated carbocycles. The number of aliphatic hydroxyl groups is 1. The molecule has 0 amide bonds. The van der Waals surface area contributed by atoms with Gasteiger partial charge in [0.05, 0.1) is 6.10 Å². The molecular formula is C13H29NO. The molecule has 1 atom stereocenters. The Labute approximate surface area is 95.5 Å². The average Bonchev–Trinajstić information content (AvgIpc) is 2.20. The molecule has 0 rings (SSSR count). The molecular weight excluding hydrogens is 186 g/mol. The Morgan fingerprint density at radius 1 is 0.933 bits per heavy atom. The van der Waals surface area contributed by atoms with Gasteiger partial charge in [-0.25, -0.2) is 0 Å². The van der Waals surface area contributed by atoms with Crippen molar-refractivity contribution in [1.82, 2.24) is 5.32 Å². The standard InChI is InChI=1S/C13H29NO/c1-3-4-5-6-7-8-9-10-11-14-12-13(2)15/h13-15H,3-12H2,1-2H3. The fraction of sp³-hybridized carbons (Fsp3) is 1.00. The summed E-state index contributed by atoms with van der Waals surface area (Å²) in [7, 11) is 0. The normalized spacial score (nSPS) is 13.0. The molecule has 0 aliphatic carbocycles. The van der Waals surface area contributed by atoms with Gasteiger partial charge in [-0.2, -0.15) is 0 Å². The largest absolute Gasteiger partial charge is 0.392 e. The van der Waals surface area contributed by atoms with E-state index in [1.165, 1.54) is 51.4 Å². The van der Waals surface area contributed by atoms with Gasteiger partial charge in [0, 0.05) is 6.54 Å². The van der Waals surface area contributed by atoms with Gasteiger partial charge in [0.2, 0.25) is 0 Å². The Morgan fingerprint density at radius 3 is 2.00 bits per heavy atom. The molecule has 1 unspecified atom stereocenters. The smallest absolute Gasteiger partial charge is 0.0636 e. The van der Waals surface area contributed by atoms with Gasteiger partial charge < -0.3 is 10.4 Å². The van der Waals surface area contributed by atoms with Crippen molar-refractivity contribution in [2.75, 3.05) is 13.1 Å². The van der Waals surface area contributed by atoms with E-state index in [-0.39, 0.29) is 6.10 Å². The lowest BCUT2D eigenvalue weighted by atomic mass is 10.1. The van der Waals surface area contributed by atoms with E-state index in [0.29, 0.717) is 0 Å². The van der Waals surface area contributed by atoms with Crippen molar-refractivity contribution < 1.29 is 5.11 Å². The minimum Gasteiger partial charge on any atom is -0.392 e. The summed E-state index contributed by atoms with van der Waals surface area (Å²) in [5.74, 6) is 0. The van der Waals surface area contributed by atoms with Crippen molar-refractivity contribution >= 4 is 0 Å². The lowest BCUT2D eigenvalue weighted by Crippen LogP contribution is -2.25. The number of aliphatic hydroxyl groups excluding tert-OH is 1. The molecule has 0 aliphatic heterocycles. The summed E-state index contributed by atoms with van der Waals surface area (Å²) in [4.78, 5) is 0. The number of rotatable bonds is 11. The van der Waals surface area contributed by atoms with Crippen LogP contribution in [0.25, 0.3) is 0 Å². The molecule has 15 heavy (non-hydrogen) atoms. The maximum absolute atomic E-state index is 9.01. The van der Waals surface area contributed by atoms with Crippen LogP contribution in [-0.4, -0.2) is 24.3 Å². The molecule has 0 saturated heterocycles. The summed E-state index contributed by atoms with van der Waals surface area (Å²) in [5.41, 5.74) is 0. The van der Waals surface area contributed by atoms with Gasteiger partial charge in [0.1, 0.15) is 0 Å². The Kier molecular flexibility index (Phi) is 11.9. The quantitative estimate of drug-likeness (QED) is 0.519. The van der Waals surface area contributed by atoms with Crippen LogP contribution in [0.3, 0.4) is 0 Å². The molecule has 2 N–H and O–H groups in total. The van der Waals surface area contributed by atoms with Gasteiger partial charge in [0.15, 0.2) is 0 Å². The van der Waals surface area contributed by atoms with Gasteiger partial charge in [-0.3, -0.25) is 0 Å². The fourth-order valence-electron chi connectivity index (χ4n) is 1.69. The van der Waals surface area contributed by atoms with Crippen LogP contribution in [0, 0.1) is 0 Å². The zero-order chi connectivity index (χ0) is 11.4. The monoisotopic (exact) mass is 215 g/mol. The van der Waals surface area contributed by atoms with E-state index in [4.69, 9.17) is 5.11 Å². The van der Waals surface area contributed by atoms with Crippen LogP contribution < -0.4 is 5.32 Å². The van der Waals surface area contributed by atoms with Crippen LogP contribution in [0.5, 0.6) is 0 Å². The first-order valence-corrected chi connectivity index (χ1v) is 6.66. The topological polar surface area (TPSA) is 32.3 Å². The molecule has 0 heterocycles. The van der Waals surface area contributed by atoms with E-state index in [0.717, 1.165) is 13.1 Å². The van der Waals surface area contributed by atoms with Gasteiger partial charge in [-0.15, -0.1) is 0 Å². The second-order valence-corrected chi connectivity index (χ2v) is 4.53. The van der Waals surface area contributed by atoms with E-state index < -0.39 is 0 Å². The molecule has 0 aliphatic rings. The van der Waals surface area contributed by atoms with Crippen LogP contribution >= 0.6 is 0 Å². The van der Waals surface area contributed by atoms with Crippen molar-refractivity contribution in [1.29, 1.82) is 0 Å². The van der Waals surface area contributed by atoms with Crippen molar-refractivity contribution in [2.45, 2.75) is 71.3 Å². The Bertz CT molecular complexity index is 115. The summed E-state index contributed by atoms with van der Waals surface area (Å²) in [6.07, 6.45) is 10.7. The summed E-state index contributed by atoms with van der Waals surface area (Å²) < 4.78 is 0. The molecule has 0 aromatic heterocycles. The predicted molar refractivity (Wildman–Crippen MR) is 67.2 cm³/mol. The maximum atomic E-state index is 9.01. The highest BCUT2D eigenvalue weighted by Crippen LogP contribution is 2.07. The fourth-order valence-corrected chi connectivity index (χ4v) is 1.69. The van der Waals surface area contributed by atoms with Gasteiger partial charge in [0.25, 0.3) is 0 Å². The third kappa shape index (κ3) is 13.9. The maximum Gasteiger partial charge on any atom is 0.0636 e. The van der Waals surface area contributed by atoms with Crippen LogP contribution in [0.2, 0.25) is 0 Å². The zero-order valence-corrected chi connectivity index (χ0v) is 10.6. The molecule has 0 bridgehead atoms. The van der Waals surface area contributed by atoms with Crippen molar-refractivity contribution in [3.8, 4) is 0 Å². The number of nitrogens with one attached hydrogen (secondary N) is 1. The minimum atomic E-state index is -0.209. The van der Waals surface area contributed by atoms with E-state index in [9.17, 15) is 0 Å². The Hall–Kier alpha value is -0.0800. The molecule has 0 spiro atoms. The van der Waals surface area contributed by atoms with Crippen LogP contribution in [-0.2, 0) is 0 Å². The average molecular weight is 215 g/mol. The van der Waals surface area contributed by atoms with E-state index >= 15 is 0 Å². The predicted octanol–water partition coefficient (Wildman–Crippen LogP) is 3.10. The van der Waals surface area contributed by atoms with Crippen molar-refractivity contribution in [3.63, 3.8) is 0 Å². The Morgan fingerprint density at radius 2 is 1.47 bits per heavy atom. The summed E-state index contributed by atoms with van der Waals surface area (Å²) >= 11 is 0. The van der Waals surface area contributed by atoms with Crippen LogP contribution in [0.1, 0.15) is 65.2 Å². The molecule has 0 fully saturated rings. The summed E-state index contributed by atoms with van der Waals surface area (Å²) in [6, 6.07) is 0. The zero-order valence-electron chi connectivity index (χ0n) is 10.6. The molecule has 0 radical (unpaired) electrons. The van der Waals surface area contributed by atoms with Crippen molar-refractivity contribution in [2.24, 2.45) is 0 Å². The second-order valence-electron chi connectivity index (χ2n) is 4.53. The van der Waals surface area contributed by atoms with E-state index in [1.807, 2.05) is 6.92 Å². The summed E-state index contributed by atoms with van der Waals surface area (Å²) in [6.45, 7) is 5.87.